The number of hydrogen-bond acceptors (Lipinski definition) is 6. The molecule has 0 aliphatic rings. The first-order valence-corrected chi connectivity index (χ1v) is 8.62. The van der Waals surface area contributed by atoms with Gasteiger partial charge < -0.3 is 19.9 Å². The number of thiophene rings is 1. The zero-order chi connectivity index (χ0) is 15.6. The van der Waals surface area contributed by atoms with E-state index in [1.165, 1.54) is 11.3 Å². The second-order valence-electron chi connectivity index (χ2n) is 4.76. The van der Waals surface area contributed by atoms with Crippen LogP contribution in [0.25, 0.3) is 31.5 Å². The number of H-pyrrole nitrogens is 4. The third kappa shape index (κ3) is 1.95. The number of aryl methyl sites for hydroxylation is 1. The van der Waals surface area contributed by atoms with E-state index in [0.29, 0.717) is 24.3 Å². The summed E-state index contributed by atoms with van der Waals surface area (Å²) in [6.07, 6.45) is 0. The van der Waals surface area contributed by atoms with Crippen molar-refractivity contribution in [2.24, 2.45) is 0 Å². The number of rotatable bonds is 0. The number of nitrogens with one attached hydrogen (secondary N) is 4. The summed E-state index contributed by atoms with van der Waals surface area (Å²) in [7, 11) is 0. The van der Waals surface area contributed by atoms with Gasteiger partial charge in [-0.1, -0.05) is 35.8 Å². The molecule has 10 heteroatoms. The third-order valence-corrected chi connectivity index (χ3v) is 5.46. The summed E-state index contributed by atoms with van der Waals surface area (Å²) in [5.74, 6) is 0. The SMILES string of the molecule is Cc1c2[nH]c(=S)[nH]c(=S)c2nc2sc3[nH]c(=S)[nH]c(=S)c3c12. The number of aromatic nitrogens is 5. The highest BCUT2D eigenvalue weighted by Crippen LogP contribution is 2.36. The molecule has 0 atom stereocenters. The van der Waals surface area contributed by atoms with E-state index >= 15 is 0 Å². The fourth-order valence-electron chi connectivity index (χ4n) is 2.53. The highest BCUT2D eigenvalue weighted by Gasteiger charge is 2.15. The number of hydrogen-bond donors (Lipinski definition) is 4. The van der Waals surface area contributed by atoms with Gasteiger partial charge in [0.1, 0.15) is 24.5 Å². The summed E-state index contributed by atoms with van der Waals surface area (Å²) in [4.78, 5) is 18.6. The molecule has 4 heterocycles. The van der Waals surface area contributed by atoms with E-state index < -0.39 is 0 Å². The molecule has 22 heavy (non-hydrogen) atoms. The maximum Gasteiger partial charge on any atom is 0.176 e. The van der Waals surface area contributed by atoms with E-state index in [-0.39, 0.29) is 0 Å². The topological polar surface area (TPSA) is 76.0 Å². The monoisotopic (exact) mass is 381 g/mol. The molecule has 0 amide bonds. The van der Waals surface area contributed by atoms with Gasteiger partial charge in [0.2, 0.25) is 0 Å². The molecule has 0 radical (unpaired) electrons. The van der Waals surface area contributed by atoms with Crippen molar-refractivity contribution < 1.29 is 0 Å². The Labute approximate surface area is 147 Å². The first-order valence-electron chi connectivity index (χ1n) is 6.17. The van der Waals surface area contributed by atoms with Crippen LogP contribution in [0.4, 0.5) is 0 Å². The lowest BCUT2D eigenvalue weighted by Crippen LogP contribution is -1.93. The lowest BCUT2D eigenvalue weighted by atomic mass is 10.1. The minimum absolute atomic E-state index is 0.478. The van der Waals surface area contributed by atoms with Crippen LogP contribution in [0.1, 0.15) is 5.56 Å². The van der Waals surface area contributed by atoms with Crippen LogP contribution in [-0.2, 0) is 0 Å². The summed E-state index contributed by atoms with van der Waals surface area (Å²) < 4.78 is 2.11. The number of nitrogens with zero attached hydrogens (tertiary/aromatic N) is 1. The van der Waals surface area contributed by atoms with Crippen LogP contribution in [0.2, 0.25) is 0 Å². The van der Waals surface area contributed by atoms with Crippen molar-refractivity contribution in [2.75, 3.05) is 0 Å². The summed E-state index contributed by atoms with van der Waals surface area (Å²) in [6.45, 7) is 2.01. The molecule has 0 aliphatic carbocycles. The van der Waals surface area contributed by atoms with Crippen LogP contribution in [0.15, 0.2) is 0 Å². The Morgan fingerprint density at radius 2 is 1.55 bits per heavy atom. The third-order valence-electron chi connectivity index (χ3n) is 3.45. The lowest BCUT2D eigenvalue weighted by molar-refractivity contribution is 1.15. The summed E-state index contributed by atoms with van der Waals surface area (Å²) in [6, 6.07) is 0. The predicted octanol–water partition coefficient (Wildman–Crippen LogP) is 5.14. The summed E-state index contributed by atoms with van der Waals surface area (Å²) in [5, 5.41) is 1.92. The van der Waals surface area contributed by atoms with Crippen LogP contribution in [0.3, 0.4) is 0 Å². The molecular formula is C12H7N5S5. The highest BCUT2D eigenvalue weighted by molar-refractivity contribution is 7.72. The van der Waals surface area contributed by atoms with Crippen LogP contribution < -0.4 is 0 Å². The minimum atomic E-state index is 0.478. The second-order valence-corrected chi connectivity index (χ2v) is 7.40. The van der Waals surface area contributed by atoms with E-state index in [1.807, 2.05) is 6.92 Å². The molecule has 4 aromatic heterocycles. The van der Waals surface area contributed by atoms with E-state index in [1.54, 1.807) is 0 Å². The fourth-order valence-corrected chi connectivity index (χ4v) is 4.90. The van der Waals surface area contributed by atoms with E-state index in [4.69, 9.17) is 48.9 Å². The Morgan fingerprint density at radius 3 is 2.32 bits per heavy atom. The van der Waals surface area contributed by atoms with Crippen molar-refractivity contribution in [1.82, 2.24) is 24.9 Å². The molecular weight excluding hydrogens is 375 g/mol. The second kappa shape index (κ2) is 4.83. The Balaban J connectivity index is 2.42. The average molecular weight is 382 g/mol. The van der Waals surface area contributed by atoms with Gasteiger partial charge in [0, 0.05) is 5.39 Å². The molecule has 0 saturated heterocycles. The molecule has 0 saturated carbocycles. The van der Waals surface area contributed by atoms with Crippen molar-refractivity contribution >= 4 is 91.7 Å². The standard InChI is InChI=1S/C12H7N5S5/c1-2-3-4-7(18)15-12(21)17-10(4)22-9(3)13-6-5(2)14-11(20)16-8(6)19/h1H3,(H2,14,16,19,20)(H2,15,17,18,21). The van der Waals surface area contributed by atoms with Gasteiger partial charge >= 0.3 is 0 Å². The molecule has 4 aromatic rings. The largest absolute Gasteiger partial charge is 0.330 e. The molecule has 4 N–H and O–H groups in total. The Kier molecular flexibility index (Phi) is 3.13. The molecule has 0 fully saturated rings. The van der Waals surface area contributed by atoms with Gasteiger partial charge in [-0.25, -0.2) is 4.98 Å². The maximum atomic E-state index is 5.44. The summed E-state index contributed by atoms with van der Waals surface area (Å²) >= 11 is 22.6. The van der Waals surface area contributed by atoms with Crippen molar-refractivity contribution in [3.05, 3.63) is 24.4 Å². The molecule has 0 unspecified atom stereocenters. The predicted molar refractivity (Wildman–Crippen MR) is 100 cm³/mol. The van der Waals surface area contributed by atoms with Gasteiger partial charge in [0.25, 0.3) is 0 Å². The molecule has 4 rings (SSSR count). The number of fused-ring (bicyclic) bond motifs is 4. The first-order chi connectivity index (χ1) is 10.5. The van der Waals surface area contributed by atoms with Gasteiger partial charge in [-0.15, -0.1) is 0 Å². The maximum absolute atomic E-state index is 5.44. The highest BCUT2D eigenvalue weighted by atomic mass is 32.1. The lowest BCUT2D eigenvalue weighted by Gasteiger charge is -2.04. The number of aromatic amines is 4. The van der Waals surface area contributed by atoms with E-state index in [2.05, 4.69) is 24.9 Å². The number of pyridine rings is 1. The quantitative estimate of drug-likeness (QED) is 0.317. The van der Waals surface area contributed by atoms with Crippen molar-refractivity contribution in [3.63, 3.8) is 0 Å². The minimum Gasteiger partial charge on any atom is -0.330 e. The molecule has 0 bridgehead atoms. The van der Waals surface area contributed by atoms with Crippen LogP contribution in [0, 0.1) is 25.7 Å². The normalized spacial score (nSPS) is 11.7. The Morgan fingerprint density at radius 1 is 0.864 bits per heavy atom. The Bertz CT molecular complexity index is 1320. The van der Waals surface area contributed by atoms with Gasteiger partial charge in [-0.3, -0.25) is 0 Å². The smallest absolute Gasteiger partial charge is 0.176 e. The van der Waals surface area contributed by atoms with E-state index in [0.717, 1.165) is 31.5 Å². The molecule has 0 spiro atoms. The van der Waals surface area contributed by atoms with Gasteiger partial charge in [-0.05, 0) is 36.9 Å². The van der Waals surface area contributed by atoms with Crippen molar-refractivity contribution in [3.8, 4) is 0 Å². The van der Waals surface area contributed by atoms with Crippen LogP contribution >= 0.6 is 60.2 Å². The molecule has 0 aliphatic heterocycles. The van der Waals surface area contributed by atoms with Crippen LogP contribution in [0.5, 0.6) is 0 Å². The molecule has 5 nitrogen and oxygen atoms in total. The van der Waals surface area contributed by atoms with Crippen molar-refractivity contribution in [2.45, 2.75) is 6.92 Å². The van der Waals surface area contributed by atoms with Gasteiger partial charge in [-0.2, -0.15) is 0 Å². The van der Waals surface area contributed by atoms with E-state index in [9.17, 15) is 0 Å². The van der Waals surface area contributed by atoms with Gasteiger partial charge in [0.05, 0.1) is 10.9 Å². The van der Waals surface area contributed by atoms with Gasteiger partial charge in [0.15, 0.2) is 9.54 Å². The van der Waals surface area contributed by atoms with Crippen LogP contribution in [-0.4, -0.2) is 24.9 Å². The fraction of sp³-hybridized carbons (Fsp3) is 0.0833. The molecule has 110 valence electrons. The molecule has 0 aromatic carbocycles. The first kappa shape index (κ1) is 14.3. The Hall–Kier alpha value is -1.33. The average Bonchev–Trinajstić information content (AvgIpc) is 2.79. The van der Waals surface area contributed by atoms with Crippen molar-refractivity contribution in [1.29, 1.82) is 0 Å². The summed E-state index contributed by atoms with van der Waals surface area (Å²) in [5.41, 5.74) is 2.55. The zero-order valence-electron chi connectivity index (χ0n) is 11.0. The zero-order valence-corrected chi connectivity index (χ0v) is 15.1.